The molecule has 0 heterocycles. The number of rotatable bonds is 3. The molecule has 1 aromatic carbocycles. The number of carboxylic acid groups (broad SMARTS) is 1. The minimum absolute atomic E-state index is 0.390. The molecule has 1 aromatic rings. The van der Waals surface area contributed by atoms with Crippen molar-refractivity contribution in [2.75, 3.05) is 0 Å². The summed E-state index contributed by atoms with van der Waals surface area (Å²) in [7, 11) is -4.03. The highest BCUT2D eigenvalue weighted by molar-refractivity contribution is 7.92. The molecule has 7 heteroatoms. The van der Waals surface area contributed by atoms with Gasteiger partial charge in [0.05, 0.1) is 10.8 Å². The Morgan fingerprint density at radius 2 is 1.79 bits per heavy atom. The van der Waals surface area contributed by atoms with Gasteiger partial charge in [0, 0.05) is 0 Å². The van der Waals surface area contributed by atoms with E-state index in [1.807, 2.05) is 0 Å². The molecule has 0 aromatic heterocycles. The van der Waals surface area contributed by atoms with Crippen LogP contribution in [0.1, 0.15) is 36.0 Å². The van der Waals surface area contributed by atoms with Crippen LogP contribution in [0.3, 0.4) is 0 Å². The predicted molar refractivity (Wildman–Crippen MR) is 62.8 cm³/mol. The number of hydrogen-bond acceptors (Lipinski definition) is 3. The lowest BCUT2D eigenvalue weighted by Crippen LogP contribution is -2.20. The molecule has 2 rings (SSSR count). The molecule has 0 unspecified atom stereocenters. The molecule has 1 N–H and O–H groups in total. The smallest absolute Gasteiger partial charge is 0.335 e. The van der Waals surface area contributed by atoms with Crippen LogP contribution in [0, 0.1) is 11.6 Å². The van der Waals surface area contributed by atoms with Crippen LogP contribution in [-0.2, 0) is 9.84 Å². The Morgan fingerprint density at radius 1 is 1.21 bits per heavy atom. The van der Waals surface area contributed by atoms with Crippen molar-refractivity contribution in [2.45, 2.75) is 35.8 Å². The van der Waals surface area contributed by atoms with E-state index in [1.54, 1.807) is 0 Å². The van der Waals surface area contributed by atoms with E-state index in [1.165, 1.54) is 0 Å². The molecule has 0 saturated heterocycles. The van der Waals surface area contributed by atoms with Crippen LogP contribution < -0.4 is 0 Å². The van der Waals surface area contributed by atoms with Gasteiger partial charge in [0.25, 0.3) is 0 Å². The predicted octanol–water partition coefficient (Wildman–Crippen LogP) is 2.38. The van der Waals surface area contributed by atoms with Crippen LogP contribution in [0.2, 0.25) is 0 Å². The van der Waals surface area contributed by atoms with Gasteiger partial charge in [-0.1, -0.05) is 12.8 Å². The third kappa shape index (κ3) is 2.47. The standard InChI is InChI=1S/C12H12F2O4S/c13-9-5-7(12(15)16)6-10(11(9)14)19(17,18)8-3-1-2-4-8/h5-6,8H,1-4H2,(H,15,16). The summed E-state index contributed by atoms with van der Waals surface area (Å²) >= 11 is 0. The summed E-state index contributed by atoms with van der Waals surface area (Å²) in [4.78, 5) is 9.93. The second-order valence-corrected chi connectivity index (χ2v) is 6.72. The van der Waals surface area contributed by atoms with Crippen molar-refractivity contribution in [3.63, 3.8) is 0 Å². The highest BCUT2D eigenvalue weighted by atomic mass is 32.2. The maximum Gasteiger partial charge on any atom is 0.335 e. The second-order valence-electron chi connectivity index (χ2n) is 4.53. The molecule has 1 aliphatic carbocycles. The molecule has 19 heavy (non-hydrogen) atoms. The van der Waals surface area contributed by atoms with Crippen molar-refractivity contribution in [2.24, 2.45) is 0 Å². The summed E-state index contributed by atoms with van der Waals surface area (Å²) in [6, 6.07) is 1.17. The summed E-state index contributed by atoms with van der Waals surface area (Å²) in [5.41, 5.74) is -0.574. The summed E-state index contributed by atoms with van der Waals surface area (Å²) < 4.78 is 51.3. The van der Waals surface area contributed by atoms with Gasteiger partial charge in [-0.25, -0.2) is 22.0 Å². The number of sulfone groups is 1. The van der Waals surface area contributed by atoms with E-state index in [2.05, 4.69) is 0 Å². The third-order valence-electron chi connectivity index (χ3n) is 3.29. The average Bonchev–Trinajstić information content (AvgIpc) is 2.86. The van der Waals surface area contributed by atoms with Crippen molar-refractivity contribution in [1.29, 1.82) is 0 Å². The van der Waals surface area contributed by atoms with Gasteiger partial charge in [-0.15, -0.1) is 0 Å². The van der Waals surface area contributed by atoms with Crippen LogP contribution in [-0.4, -0.2) is 24.7 Å². The Morgan fingerprint density at radius 3 is 2.32 bits per heavy atom. The number of carbonyl (C=O) groups is 1. The molecule has 0 amide bonds. The lowest BCUT2D eigenvalue weighted by Gasteiger charge is -2.12. The fourth-order valence-corrected chi connectivity index (χ4v) is 4.22. The van der Waals surface area contributed by atoms with Crippen LogP contribution in [0.15, 0.2) is 17.0 Å². The number of halogens is 2. The van der Waals surface area contributed by atoms with Gasteiger partial charge < -0.3 is 5.11 Å². The molecular formula is C12H12F2O4S. The van der Waals surface area contributed by atoms with Gasteiger partial charge in [0.1, 0.15) is 4.90 Å². The third-order valence-corrected chi connectivity index (χ3v) is 5.55. The molecule has 104 valence electrons. The van der Waals surface area contributed by atoms with Gasteiger partial charge in [0.15, 0.2) is 21.5 Å². The van der Waals surface area contributed by atoms with Crippen molar-refractivity contribution in [1.82, 2.24) is 0 Å². The molecule has 1 saturated carbocycles. The maximum absolute atomic E-state index is 13.6. The molecular weight excluding hydrogens is 278 g/mol. The second kappa shape index (κ2) is 4.88. The Hall–Kier alpha value is -1.50. The van der Waals surface area contributed by atoms with Crippen LogP contribution in [0.25, 0.3) is 0 Å². The number of aromatic carboxylic acids is 1. The van der Waals surface area contributed by atoms with E-state index in [0.29, 0.717) is 37.8 Å². The van der Waals surface area contributed by atoms with Crippen LogP contribution in [0.5, 0.6) is 0 Å². The van der Waals surface area contributed by atoms with Gasteiger partial charge in [-0.2, -0.15) is 0 Å². The molecule has 4 nitrogen and oxygen atoms in total. The van der Waals surface area contributed by atoms with E-state index < -0.39 is 43.1 Å². The van der Waals surface area contributed by atoms with E-state index >= 15 is 0 Å². The van der Waals surface area contributed by atoms with E-state index in [4.69, 9.17) is 5.11 Å². The highest BCUT2D eigenvalue weighted by Gasteiger charge is 2.34. The summed E-state index contributed by atoms with van der Waals surface area (Å²) in [5.74, 6) is -4.46. The monoisotopic (exact) mass is 290 g/mol. The maximum atomic E-state index is 13.6. The van der Waals surface area contributed by atoms with Crippen molar-refractivity contribution >= 4 is 15.8 Å². The fraction of sp³-hybridized carbons (Fsp3) is 0.417. The molecule has 0 bridgehead atoms. The van der Waals surface area contributed by atoms with Crippen LogP contribution in [0.4, 0.5) is 8.78 Å². The lowest BCUT2D eigenvalue weighted by molar-refractivity contribution is 0.0696. The quantitative estimate of drug-likeness (QED) is 0.927. The zero-order chi connectivity index (χ0) is 14.2. The first kappa shape index (κ1) is 13.9. The first-order chi connectivity index (χ1) is 8.84. The molecule has 1 aliphatic rings. The van der Waals surface area contributed by atoms with Crippen molar-refractivity contribution in [3.05, 3.63) is 29.3 Å². The number of hydrogen-bond donors (Lipinski definition) is 1. The fourth-order valence-electron chi connectivity index (χ4n) is 2.27. The largest absolute Gasteiger partial charge is 0.478 e. The summed E-state index contributed by atoms with van der Waals surface area (Å²) in [5, 5.41) is 8.01. The van der Waals surface area contributed by atoms with Gasteiger partial charge in [-0.05, 0) is 25.0 Å². The van der Waals surface area contributed by atoms with Gasteiger partial charge in [0.2, 0.25) is 0 Å². The summed E-state index contributed by atoms with van der Waals surface area (Å²) in [6.07, 6.45) is 2.21. The van der Waals surface area contributed by atoms with E-state index in [0.717, 1.165) is 0 Å². The van der Waals surface area contributed by atoms with E-state index in [-0.39, 0.29) is 0 Å². The minimum atomic E-state index is -4.03. The van der Waals surface area contributed by atoms with Crippen molar-refractivity contribution in [3.8, 4) is 0 Å². The first-order valence-corrected chi connectivity index (χ1v) is 7.35. The lowest BCUT2D eigenvalue weighted by atomic mass is 10.2. The first-order valence-electron chi connectivity index (χ1n) is 5.80. The van der Waals surface area contributed by atoms with Crippen LogP contribution >= 0.6 is 0 Å². The Bertz CT molecular complexity index is 619. The molecule has 1 fully saturated rings. The molecule has 0 atom stereocenters. The average molecular weight is 290 g/mol. The normalized spacial score (nSPS) is 16.7. The zero-order valence-electron chi connectivity index (χ0n) is 9.90. The van der Waals surface area contributed by atoms with E-state index in [9.17, 15) is 22.0 Å². The molecule has 0 radical (unpaired) electrons. The minimum Gasteiger partial charge on any atom is -0.478 e. The Balaban J connectivity index is 2.57. The van der Waals surface area contributed by atoms with Gasteiger partial charge in [-0.3, -0.25) is 0 Å². The number of carboxylic acids is 1. The molecule has 0 aliphatic heterocycles. The number of benzene rings is 1. The zero-order valence-corrected chi connectivity index (χ0v) is 10.7. The summed E-state index contributed by atoms with van der Waals surface area (Å²) in [6.45, 7) is 0. The van der Waals surface area contributed by atoms with Crippen molar-refractivity contribution < 1.29 is 27.1 Å². The molecule has 0 spiro atoms. The Labute approximate surface area is 109 Å². The SMILES string of the molecule is O=C(O)c1cc(F)c(F)c(S(=O)(=O)C2CCCC2)c1. The highest BCUT2D eigenvalue weighted by Crippen LogP contribution is 2.32. The topological polar surface area (TPSA) is 71.4 Å². The van der Waals surface area contributed by atoms with Gasteiger partial charge >= 0.3 is 5.97 Å². The Kier molecular flexibility index (Phi) is 3.58.